The molecular formula is C11H14Cl2N2O3S. The number of carbonyl (C=O) groups is 1. The average molecular weight is 325 g/mol. The van der Waals surface area contributed by atoms with E-state index < -0.39 is 15.9 Å². The molecule has 1 aromatic carbocycles. The molecule has 0 fully saturated rings. The van der Waals surface area contributed by atoms with Gasteiger partial charge in [-0.05, 0) is 12.1 Å². The van der Waals surface area contributed by atoms with Gasteiger partial charge < -0.3 is 5.32 Å². The Morgan fingerprint density at radius 3 is 2.37 bits per heavy atom. The van der Waals surface area contributed by atoms with Gasteiger partial charge in [0.15, 0.2) is 0 Å². The van der Waals surface area contributed by atoms with E-state index in [2.05, 4.69) is 10.0 Å². The molecule has 19 heavy (non-hydrogen) atoms. The fourth-order valence-corrected chi connectivity index (χ4v) is 2.92. The van der Waals surface area contributed by atoms with Crippen LogP contribution in [0.5, 0.6) is 0 Å². The second-order valence-corrected chi connectivity index (χ2v) is 6.41. The molecule has 5 nitrogen and oxygen atoms in total. The Hall–Kier alpha value is -0.820. The average Bonchev–Trinajstić information content (AvgIpc) is 2.28. The Morgan fingerprint density at radius 1 is 1.26 bits per heavy atom. The summed E-state index contributed by atoms with van der Waals surface area (Å²) >= 11 is 11.7. The van der Waals surface area contributed by atoms with E-state index in [0.717, 1.165) is 0 Å². The summed E-state index contributed by atoms with van der Waals surface area (Å²) in [5.41, 5.74) is 0.145. The highest BCUT2D eigenvalue weighted by Crippen LogP contribution is 2.23. The standard InChI is InChI=1S/C11H14Cl2N2O3S/c1-2-15-19(17,18)7-6-14-11(16)10-8(12)4-3-5-9(10)13/h3-5,15H,2,6-7H2,1H3,(H,14,16). The summed E-state index contributed by atoms with van der Waals surface area (Å²) in [6, 6.07) is 4.70. The van der Waals surface area contributed by atoms with Gasteiger partial charge >= 0.3 is 0 Å². The van der Waals surface area contributed by atoms with E-state index in [1.807, 2.05) is 0 Å². The number of hydrogen-bond donors (Lipinski definition) is 2. The van der Waals surface area contributed by atoms with Crippen molar-refractivity contribution in [2.45, 2.75) is 6.92 Å². The molecule has 1 amide bonds. The zero-order valence-corrected chi connectivity index (χ0v) is 12.6. The van der Waals surface area contributed by atoms with Gasteiger partial charge in [-0.1, -0.05) is 36.2 Å². The van der Waals surface area contributed by atoms with E-state index >= 15 is 0 Å². The van der Waals surface area contributed by atoms with Crippen LogP contribution in [0.15, 0.2) is 18.2 Å². The van der Waals surface area contributed by atoms with Gasteiger partial charge in [0, 0.05) is 13.1 Å². The number of rotatable bonds is 6. The maximum atomic E-state index is 11.8. The minimum Gasteiger partial charge on any atom is -0.351 e. The van der Waals surface area contributed by atoms with E-state index in [4.69, 9.17) is 23.2 Å². The SMILES string of the molecule is CCNS(=O)(=O)CCNC(=O)c1c(Cl)cccc1Cl. The highest BCUT2D eigenvalue weighted by Gasteiger charge is 2.15. The first kappa shape index (κ1) is 16.2. The van der Waals surface area contributed by atoms with Crippen LogP contribution in [0.3, 0.4) is 0 Å². The second kappa shape index (κ2) is 7.09. The third-order valence-corrected chi connectivity index (χ3v) is 4.31. The summed E-state index contributed by atoms with van der Waals surface area (Å²) in [4.78, 5) is 11.8. The van der Waals surface area contributed by atoms with Crippen molar-refractivity contribution in [1.29, 1.82) is 0 Å². The minimum absolute atomic E-state index is 0.0181. The molecule has 0 aliphatic rings. The zero-order chi connectivity index (χ0) is 14.5. The lowest BCUT2D eigenvalue weighted by atomic mass is 10.2. The Balaban J connectivity index is 2.62. The van der Waals surface area contributed by atoms with Gasteiger partial charge in [-0.2, -0.15) is 0 Å². The number of hydrogen-bond acceptors (Lipinski definition) is 3. The molecule has 8 heteroatoms. The predicted molar refractivity (Wildman–Crippen MR) is 76.3 cm³/mol. The van der Waals surface area contributed by atoms with Crippen LogP contribution in [0.2, 0.25) is 10.0 Å². The maximum absolute atomic E-state index is 11.8. The van der Waals surface area contributed by atoms with Crippen LogP contribution in [0.25, 0.3) is 0 Å². The van der Waals surface area contributed by atoms with Gasteiger partial charge in [0.1, 0.15) is 0 Å². The number of nitrogens with one attached hydrogen (secondary N) is 2. The quantitative estimate of drug-likeness (QED) is 0.835. The van der Waals surface area contributed by atoms with E-state index in [-0.39, 0.29) is 27.9 Å². The zero-order valence-electron chi connectivity index (χ0n) is 10.2. The number of amides is 1. The van der Waals surface area contributed by atoms with Crippen LogP contribution in [0.1, 0.15) is 17.3 Å². The first-order valence-electron chi connectivity index (χ1n) is 5.57. The van der Waals surface area contributed by atoms with Crippen LogP contribution < -0.4 is 10.0 Å². The molecule has 0 aromatic heterocycles. The topological polar surface area (TPSA) is 75.3 Å². The number of benzene rings is 1. The highest BCUT2D eigenvalue weighted by atomic mass is 35.5. The molecule has 0 heterocycles. The van der Waals surface area contributed by atoms with Crippen molar-refractivity contribution in [3.8, 4) is 0 Å². The van der Waals surface area contributed by atoms with Gasteiger partial charge in [-0.3, -0.25) is 4.79 Å². The van der Waals surface area contributed by atoms with Gasteiger partial charge in [-0.15, -0.1) is 0 Å². The second-order valence-electron chi connectivity index (χ2n) is 3.67. The normalized spacial score (nSPS) is 11.3. The molecule has 106 valence electrons. The van der Waals surface area contributed by atoms with Gasteiger partial charge in [0.25, 0.3) is 5.91 Å². The fourth-order valence-electron chi connectivity index (χ4n) is 1.39. The molecule has 1 rings (SSSR count). The van der Waals surface area contributed by atoms with Crippen molar-refractivity contribution in [1.82, 2.24) is 10.0 Å². The Bertz CT molecular complexity index is 541. The molecule has 0 aliphatic carbocycles. The van der Waals surface area contributed by atoms with Crippen LogP contribution >= 0.6 is 23.2 Å². The smallest absolute Gasteiger partial charge is 0.254 e. The van der Waals surface area contributed by atoms with Crippen LogP contribution in [0, 0.1) is 0 Å². The molecule has 0 aliphatic heterocycles. The molecule has 0 spiro atoms. The van der Waals surface area contributed by atoms with E-state index in [1.54, 1.807) is 13.0 Å². The number of halogens is 2. The molecule has 0 radical (unpaired) electrons. The monoisotopic (exact) mass is 324 g/mol. The van der Waals surface area contributed by atoms with Crippen molar-refractivity contribution in [3.63, 3.8) is 0 Å². The van der Waals surface area contributed by atoms with Crippen LogP contribution in [-0.4, -0.2) is 33.2 Å². The van der Waals surface area contributed by atoms with Crippen molar-refractivity contribution in [3.05, 3.63) is 33.8 Å². The summed E-state index contributed by atoms with van der Waals surface area (Å²) < 4.78 is 25.1. The van der Waals surface area contributed by atoms with Gasteiger partial charge in [-0.25, -0.2) is 13.1 Å². The Kier molecular flexibility index (Phi) is 6.06. The van der Waals surface area contributed by atoms with Gasteiger partial charge in [0.05, 0.1) is 21.4 Å². The summed E-state index contributed by atoms with van der Waals surface area (Å²) in [7, 11) is -3.36. The van der Waals surface area contributed by atoms with Crippen molar-refractivity contribution in [2.75, 3.05) is 18.8 Å². The van der Waals surface area contributed by atoms with E-state index in [0.29, 0.717) is 6.54 Å². The van der Waals surface area contributed by atoms with Crippen molar-refractivity contribution >= 4 is 39.1 Å². The van der Waals surface area contributed by atoms with E-state index in [1.165, 1.54) is 12.1 Å². The number of sulfonamides is 1. The van der Waals surface area contributed by atoms with Crippen LogP contribution in [-0.2, 0) is 10.0 Å². The first-order chi connectivity index (χ1) is 8.87. The third-order valence-electron chi connectivity index (χ3n) is 2.21. The summed E-state index contributed by atoms with van der Waals surface area (Å²) in [5, 5.41) is 2.91. The molecule has 0 unspecified atom stereocenters. The minimum atomic E-state index is -3.36. The fraction of sp³-hybridized carbons (Fsp3) is 0.364. The first-order valence-corrected chi connectivity index (χ1v) is 7.97. The predicted octanol–water partition coefficient (Wildman–Crippen LogP) is 1.66. The highest BCUT2D eigenvalue weighted by molar-refractivity contribution is 7.89. The molecular weight excluding hydrogens is 311 g/mol. The molecule has 0 saturated carbocycles. The Morgan fingerprint density at radius 2 is 1.84 bits per heavy atom. The van der Waals surface area contributed by atoms with E-state index in [9.17, 15) is 13.2 Å². The lowest BCUT2D eigenvalue weighted by Crippen LogP contribution is -2.34. The lowest BCUT2D eigenvalue weighted by molar-refractivity contribution is 0.0956. The molecule has 0 atom stereocenters. The maximum Gasteiger partial charge on any atom is 0.254 e. The van der Waals surface area contributed by atoms with Crippen molar-refractivity contribution in [2.24, 2.45) is 0 Å². The van der Waals surface area contributed by atoms with Gasteiger partial charge in [0.2, 0.25) is 10.0 Å². The molecule has 1 aromatic rings. The summed E-state index contributed by atoms with van der Waals surface area (Å²) in [6.45, 7) is 1.97. The number of carbonyl (C=O) groups excluding carboxylic acids is 1. The van der Waals surface area contributed by atoms with Crippen LogP contribution in [0.4, 0.5) is 0 Å². The Labute approximate surface area is 122 Å². The molecule has 2 N–H and O–H groups in total. The summed E-state index contributed by atoms with van der Waals surface area (Å²) in [5.74, 6) is -0.698. The lowest BCUT2D eigenvalue weighted by Gasteiger charge is -2.09. The third kappa shape index (κ3) is 4.99. The molecule has 0 bridgehead atoms. The summed E-state index contributed by atoms with van der Waals surface area (Å²) in [6.07, 6.45) is 0. The largest absolute Gasteiger partial charge is 0.351 e. The van der Waals surface area contributed by atoms with Crippen molar-refractivity contribution < 1.29 is 13.2 Å². The molecule has 0 saturated heterocycles.